The Morgan fingerprint density at radius 2 is 1.77 bits per heavy atom. The molecular weight excluding hydrogens is 311 g/mol. The number of hydrazine groups is 1. The summed E-state index contributed by atoms with van der Waals surface area (Å²) in [5.41, 5.74) is 4.62. The predicted octanol–water partition coefficient (Wildman–Crippen LogP) is 2.57. The van der Waals surface area contributed by atoms with Crippen molar-refractivity contribution in [3.63, 3.8) is 0 Å². The molecule has 0 spiro atoms. The normalized spacial score (nSPS) is 10.1. The van der Waals surface area contributed by atoms with E-state index in [0.29, 0.717) is 5.56 Å². The summed E-state index contributed by atoms with van der Waals surface area (Å²) in [5.74, 6) is -2.24. The summed E-state index contributed by atoms with van der Waals surface area (Å²) in [7, 11) is 0. The number of hydrogen-bond donors (Lipinski definition) is 3. The Morgan fingerprint density at radius 1 is 1.09 bits per heavy atom. The van der Waals surface area contributed by atoms with Crippen molar-refractivity contribution >= 4 is 23.4 Å². The molecule has 2 aromatic carbocycles. The molecule has 0 saturated heterocycles. The van der Waals surface area contributed by atoms with Crippen LogP contribution in [-0.4, -0.2) is 16.9 Å². The van der Waals surface area contributed by atoms with Gasteiger partial charge in [0, 0.05) is 10.6 Å². The Morgan fingerprint density at radius 3 is 2.45 bits per heavy atom. The lowest BCUT2D eigenvalue weighted by Gasteiger charge is -2.09. The van der Waals surface area contributed by atoms with Crippen LogP contribution in [0.25, 0.3) is 0 Å². The fourth-order valence-electron chi connectivity index (χ4n) is 1.68. The first-order chi connectivity index (χ1) is 10.4. The maximum absolute atomic E-state index is 13.4. The van der Waals surface area contributed by atoms with Crippen LogP contribution in [-0.2, 0) is 0 Å². The number of nitrogens with one attached hydrogen (secondary N) is 2. The number of hydrogen-bond acceptors (Lipinski definition) is 3. The van der Waals surface area contributed by atoms with Gasteiger partial charge in [-0.25, -0.2) is 4.39 Å². The fraction of sp³-hybridized carbons (Fsp3) is 0.0667. The van der Waals surface area contributed by atoms with Gasteiger partial charge in [0.05, 0.1) is 5.56 Å². The highest BCUT2D eigenvalue weighted by atomic mass is 35.5. The summed E-state index contributed by atoms with van der Waals surface area (Å²) < 4.78 is 13.4. The zero-order valence-corrected chi connectivity index (χ0v) is 12.2. The van der Waals surface area contributed by atoms with E-state index < -0.39 is 17.6 Å². The third kappa shape index (κ3) is 3.53. The molecule has 0 heterocycles. The Balaban J connectivity index is 2.05. The van der Waals surface area contributed by atoms with Gasteiger partial charge >= 0.3 is 0 Å². The Bertz CT molecular complexity index is 750. The molecule has 0 radical (unpaired) electrons. The molecule has 0 bridgehead atoms. The molecule has 0 aliphatic heterocycles. The quantitative estimate of drug-likeness (QED) is 0.744. The standard InChI is InChI=1S/C15H12ClFN2O3/c1-8-2-3-9(6-12(8)17)14(21)18-19-15(22)11-7-10(16)4-5-13(11)20/h2-7,20H,1H3,(H,18,21)(H,19,22). The van der Waals surface area contributed by atoms with Gasteiger partial charge in [0.15, 0.2) is 0 Å². The molecule has 0 aromatic heterocycles. The molecule has 0 fully saturated rings. The molecule has 22 heavy (non-hydrogen) atoms. The lowest BCUT2D eigenvalue weighted by Crippen LogP contribution is -2.41. The number of carbonyl (C=O) groups excluding carboxylic acids is 2. The van der Waals surface area contributed by atoms with Gasteiger partial charge in [-0.1, -0.05) is 17.7 Å². The molecule has 3 N–H and O–H groups in total. The summed E-state index contributed by atoms with van der Waals surface area (Å²) in [4.78, 5) is 23.7. The van der Waals surface area contributed by atoms with E-state index in [9.17, 15) is 19.1 Å². The summed E-state index contributed by atoms with van der Waals surface area (Å²) in [6.07, 6.45) is 0. The topological polar surface area (TPSA) is 78.4 Å². The smallest absolute Gasteiger partial charge is 0.273 e. The minimum atomic E-state index is -0.749. The highest BCUT2D eigenvalue weighted by Gasteiger charge is 2.14. The minimum Gasteiger partial charge on any atom is -0.507 e. The van der Waals surface area contributed by atoms with Gasteiger partial charge in [0.2, 0.25) is 0 Å². The molecule has 2 rings (SSSR count). The maximum Gasteiger partial charge on any atom is 0.273 e. The van der Waals surface area contributed by atoms with E-state index in [2.05, 4.69) is 10.9 Å². The zero-order valence-electron chi connectivity index (χ0n) is 11.5. The highest BCUT2D eigenvalue weighted by Crippen LogP contribution is 2.21. The third-order valence-corrected chi connectivity index (χ3v) is 3.16. The number of phenolic OH excluding ortho intramolecular Hbond substituents is 1. The van der Waals surface area contributed by atoms with E-state index >= 15 is 0 Å². The number of rotatable bonds is 2. The van der Waals surface area contributed by atoms with Crippen LogP contribution < -0.4 is 10.9 Å². The van der Waals surface area contributed by atoms with E-state index in [1.807, 2.05) is 0 Å². The second-order valence-corrected chi connectivity index (χ2v) is 4.97. The lowest BCUT2D eigenvalue weighted by atomic mass is 10.1. The average molecular weight is 323 g/mol. The molecule has 0 unspecified atom stereocenters. The third-order valence-electron chi connectivity index (χ3n) is 2.93. The molecule has 2 amide bonds. The molecule has 0 atom stereocenters. The molecule has 0 aliphatic rings. The number of halogens is 2. The zero-order chi connectivity index (χ0) is 16.3. The van der Waals surface area contributed by atoms with Crippen molar-refractivity contribution in [2.75, 3.05) is 0 Å². The van der Waals surface area contributed by atoms with Crippen LogP contribution in [0.5, 0.6) is 5.75 Å². The minimum absolute atomic E-state index is 0.0544. The summed E-state index contributed by atoms with van der Waals surface area (Å²) in [6.45, 7) is 1.57. The van der Waals surface area contributed by atoms with Gasteiger partial charge in [-0.05, 0) is 42.8 Å². The Hall–Kier alpha value is -2.60. The number of carbonyl (C=O) groups is 2. The van der Waals surface area contributed by atoms with Crippen LogP contribution in [0.3, 0.4) is 0 Å². The van der Waals surface area contributed by atoms with Crippen LogP contribution in [0.15, 0.2) is 36.4 Å². The van der Waals surface area contributed by atoms with Crippen LogP contribution in [0.1, 0.15) is 26.3 Å². The number of phenols is 1. The van der Waals surface area contributed by atoms with Gasteiger partial charge in [0.1, 0.15) is 11.6 Å². The van der Waals surface area contributed by atoms with Crippen molar-refractivity contribution < 1.29 is 19.1 Å². The van der Waals surface area contributed by atoms with Crippen molar-refractivity contribution in [2.45, 2.75) is 6.92 Å². The van der Waals surface area contributed by atoms with Crippen molar-refractivity contribution in [2.24, 2.45) is 0 Å². The SMILES string of the molecule is Cc1ccc(C(=O)NNC(=O)c2cc(Cl)ccc2O)cc1F. The van der Waals surface area contributed by atoms with E-state index in [1.165, 1.54) is 30.3 Å². The number of aromatic hydroxyl groups is 1. The summed E-state index contributed by atoms with van der Waals surface area (Å²) >= 11 is 5.73. The maximum atomic E-state index is 13.4. The van der Waals surface area contributed by atoms with Crippen LogP contribution >= 0.6 is 11.6 Å². The molecule has 2 aromatic rings. The van der Waals surface area contributed by atoms with Gasteiger partial charge < -0.3 is 5.11 Å². The second-order valence-electron chi connectivity index (χ2n) is 4.53. The predicted molar refractivity (Wildman–Crippen MR) is 79.2 cm³/mol. The largest absolute Gasteiger partial charge is 0.507 e. The molecule has 0 saturated carbocycles. The van der Waals surface area contributed by atoms with E-state index in [1.54, 1.807) is 6.92 Å². The molecule has 114 valence electrons. The van der Waals surface area contributed by atoms with E-state index in [0.717, 1.165) is 6.07 Å². The van der Waals surface area contributed by atoms with Gasteiger partial charge in [-0.2, -0.15) is 0 Å². The van der Waals surface area contributed by atoms with Crippen molar-refractivity contribution in [3.05, 3.63) is 63.9 Å². The van der Waals surface area contributed by atoms with Gasteiger partial charge in [-0.3, -0.25) is 20.4 Å². The first-order valence-electron chi connectivity index (χ1n) is 6.24. The van der Waals surface area contributed by atoms with Crippen LogP contribution in [0, 0.1) is 12.7 Å². The van der Waals surface area contributed by atoms with Gasteiger partial charge in [0.25, 0.3) is 11.8 Å². The first kappa shape index (κ1) is 15.8. The Kier molecular flexibility index (Phi) is 4.62. The monoisotopic (exact) mass is 322 g/mol. The molecular formula is C15H12ClFN2O3. The highest BCUT2D eigenvalue weighted by molar-refractivity contribution is 6.31. The number of aryl methyl sites for hydroxylation is 1. The fourth-order valence-corrected chi connectivity index (χ4v) is 1.85. The van der Waals surface area contributed by atoms with Gasteiger partial charge in [-0.15, -0.1) is 0 Å². The molecule has 0 aliphatic carbocycles. The molecule has 7 heteroatoms. The van der Waals surface area contributed by atoms with E-state index in [-0.39, 0.29) is 21.9 Å². The van der Waals surface area contributed by atoms with Crippen LogP contribution in [0.4, 0.5) is 4.39 Å². The summed E-state index contributed by atoms with van der Waals surface area (Å²) in [5, 5.41) is 9.83. The number of benzene rings is 2. The summed E-state index contributed by atoms with van der Waals surface area (Å²) in [6, 6.07) is 7.87. The second kappa shape index (κ2) is 6.44. The van der Waals surface area contributed by atoms with Crippen molar-refractivity contribution in [3.8, 4) is 5.75 Å². The molecule has 5 nitrogen and oxygen atoms in total. The van der Waals surface area contributed by atoms with E-state index in [4.69, 9.17) is 11.6 Å². The van der Waals surface area contributed by atoms with Crippen molar-refractivity contribution in [1.29, 1.82) is 0 Å². The lowest BCUT2D eigenvalue weighted by molar-refractivity contribution is 0.0845. The van der Waals surface area contributed by atoms with Crippen LogP contribution in [0.2, 0.25) is 5.02 Å². The Labute approximate surface area is 130 Å². The number of amides is 2. The van der Waals surface area contributed by atoms with Crippen molar-refractivity contribution in [1.82, 2.24) is 10.9 Å². The first-order valence-corrected chi connectivity index (χ1v) is 6.61. The average Bonchev–Trinajstić information content (AvgIpc) is 2.49.